The van der Waals surface area contributed by atoms with Crippen molar-refractivity contribution in [2.24, 2.45) is 5.73 Å². The zero-order valence-electron chi connectivity index (χ0n) is 11.2. The van der Waals surface area contributed by atoms with Crippen molar-refractivity contribution in [1.29, 1.82) is 0 Å². The predicted octanol–water partition coefficient (Wildman–Crippen LogP) is 2.83. The first-order valence-electron chi connectivity index (χ1n) is 6.82. The van der Waals surface area contributed by atoms with E-state index in [4.69, 9.17) is 10.7 Å². The van der Waals surface area contributed by atoms with Crippen LogP contribution in [-0.2, 0) is 0 Å². The molecule has 0 aliphatic carbocycles. The van der Waals surface area contributed by atoms with Crippen LogP contribution in [0.15, 0.2) is 41.0 Å². The van der Waals surface area contributed by atoms with Crippen molar-refractivity contribution in [1.82, 2.24) is 9.97 Å². The highest BCUT2D eigenvalue weighted by Crippen LogP contribution is 2.27. The van der Waals surface area contributed by atoms with Gasteiger partial charge in [-0.15, -0.1) is 0 Å². The summed E-state index contributed by atoms with van der Waals surface area (Å²) in [5.41, 5.74) is 8.04. The Bertz CT molecular complexity index is 602. The number of halogens is 1. The first-order valence-corrected chi connectivity index (χ1v) is 7.62. The zero-order chi connectivity index (χ0) is 13.9. The third-order valence-corrected chi connectivity index (χ3v) is 4.22. The lowest BCUT2D eigenvalue weighted by Crippen LogP contribution is -2.43. The Morgan fingerprint density at radius 2 is 2.10 bits per heavy atom. The number of hydrogen-bond donors (Lipinski definition) is 1. The minimum atomic E-state index is 0.222. The van der Waals surface area contributed by atoms with Gasteiger partial charge in [0.25, 0.3) is 0 Å². The topological polar surface area (TPSA) is 55.0 Å². The molecule has 5 heteroatoms. The minimum Gasteiger partial charge on any atom is -0.339 e. The molecule has 0 bridgehead atoms. The van der Waals surface area contributed by atoms with Gasteiger partial charge in [0.2, 0.25) is 5.95 Å². The molecule has 1 aromatic heterocycles. The van der Waals surface area contributed by atoms with Gasteiger partial charge in [0.05, 0.1) is 5.69 Å². The first-order chi connectivity index (χ1) is 9.74. The summed E-state index contributed by atoms with van der Waals surface area (Å²) >= 11 is 3.57. The van der Waals surface area contributed by atoms with Crippen LogP contribution in [0.4, 0.5) is 5.95 Å². The molecule has 4 nitrogen and oxygen atoms in total. The molecule has 104 valence electrons. The lowest BCUT2D eigenvalue weighted by Gasteiger charge is -2.30. The summed E-state index contributed by atoms with van der Waals surface area (Å²) in [7, 11) is 0. The number of aromatic nitrogens is 2. The monoisotopic (exact) mass is 332 g/mol. The van der Waals surface area contributed by atoms with Crippen LogP contribution in [0.1, 0.15) is 12.8 Å². The maximum Gasteiger partial charge on any atom is 0.225 e. The van der Waals surface area contributed by atoms with Crippen LogP contribution in [0.3, 0.4) is 0 Å². The Hall–Kier alpha value is -1.46. The van der Waals surface area contributed by atoms with Crippen molar-refractivity contribution in [3.63, 3.8) is 0 Å². The van der Waals surface area contributed by atoms with E-state index in [2.05, 4.69) is 31.9 Å². The summed E-state index contributed by atoms with van der Waals surface area (Å²) in [5.74, 6) is 0.772. The fraction of sp³-hybridized carbons (Fsp3) is 0.333. The fourth-order valence-electron chi connectivity index (χ4n) is 2.51. The number of piperidine rings is 1. The highest BCUT2D eigenvalue weighted by molar-refractivity contribution is 9.10. The maximum absolute atomic E-state index is 6.03. The molecule has 2 aromatic rings. The first kappa shape index (κ1) is 13.5. The van der Waals surface area contributed by atoms with Crippen molar-refractivity contribution >= 4 is 21.9 Å². The van der Waals surface area contributed by atoms with E-state index < -0.39 is 0 Å². The van der Waals surface area contributed by atoms with Crippen LogP contribution in [-0.4, -0.2) is 29.1 Å². The van der Waals surface area contributed by atoms with Gasteiger partial charge in [-0.3, -0.25) is 0 Å². The van der Waals surface area contributed by atoms with Gasteiger partial charge >= 0.3 is 0 Å². The van der Waals surface area contributed by atoms with E-state index in [0.717, 1.165) is 47.6 Å². The van der Waals surface area contributed by atoms with E-state index >= 15 is 0 Å². The van der Waals surface area contributed by atoms with Crippen molar-refractivity contribution in [2.75, 3.05) is 18.0 Å². The number of benzene rings is 1. The van der Waals surface area contributed by atoms with Crippen molar-refractivity contribution in [3.8, 4) is 11.3 Å². The van der Waals surface area contributed by atoms with Gasteiger partial charge in [-0.1, -0.05) is 34.1 Å². The van der Waals surface area contributed by atoms with Gasteiger partial charge in [-0.05, 0) is 25.0 Å². The molecule has 1 aliphatic heterocycles. The largest absolute Gasteiger partial charge is 0.339 e. The highest BCUT2D eigenvalue weighted by atomic mass is 79.9. The van der Waals surface area contributed by atoms with E-state index in [0.29, 0.717) is 0 Å². The number of anilines is 1. The highest BCUT2D eigenvalue weighted by Gasteiger charge is 2.19. The van der Waals surface area contributed by atoms with Crippen LogP contribution in [0, 0.1) is 0 Å². The Kier molecular flexibility index (Phi) is 3.98. The van der Waals surface area contributed by atoms with E-state index in [-0.39, 0.29) is 6.04 Å². The van der Waals surface area contributed by atoms with Gasteiger partial charge in [-0.25, -0.2) is 9.97 Å². The standard InChI is InChI=1S/C15H17BrN4/c16-13-6-2-1-5-12(13)14-7-8-18-15(19-14)20-9-3-4-11(17)10-20/h1-2,5-8,11H,3-4,9-10,17H2. The summed E-state index contributed by atoms with van der Waals surface area (Å²) in [5, 5.41) is 0. The second-order valence-electron chi connectivity index (χ2n) is 5.07. The second-order valence-corrected chi connectivity index (χ2v) is 5.92. The van der Waals surface area contributed by atoms with Gasteiger partial charge in [-0.2, -0.15) is 0 Å². The number of nitrogens with two attached hydrogens (primary N) is 1. The molecule has 1 unspecified atom stereocenters. The average molecular weight is 333 g/mol. The van der Waals surface area contributed by atoms with E-state index in [9.17, 15) is 0 Å². The molecule has 2 N–H and O–H groups in total. The quantitative estimate of drug-likeness (QED) is 0.918. The molecular formula is C15H17BrN4. The van der Waals surface area contributed by atoms with Gasteiger partial charge in [0, 0.05) is 35.4 Å². The third kappa shape index (κ3) is 2.83. The van der Waals surface area contributed by atoms with Crippen molar-refractivity contribution in [3.05, 3.63) is 41.0 Å². The van der Waals surface area contributed by atoms with Crippen LogP contribution < -0.4 is 10.6 Å². The summed E-state index contributed by atoms with van der Waals surface area (Å²) in [6.45, 7) is 1.81. The Labute approximate surface area is 127 Å². The zero-order valence-corrected chi connectivity index (χ0v) is 12.8. The average Bonchev–Trinajstić information content (AvgIpc) is 2.48. The van der Waals surface area contributed by atoms with E-state index in [1.807, 2.05) is 30.5 Å². The molecule has 0 radical (unpaired) electrons. The molecular weight excluding hydrogens is 316 g/mol. The minimum absolute atomic E-state index is 0.222. The summed E-state index contributed by atoms with van der Waals surface area (Å²) in [6.07, 6.45) is 4.00. The fourth-order valence-corrected chi connectivity index (χ4v) is 3.00. The molecule has 0 spiro atoms. The molecule has 1 saturated heterocycles. The van der Waals surface area contributed by atoms with Crippen LogP contribution in [0.25, 0.3) is 11.3 Å². The lowest BCUT2D eigenvalue weighted by molar-refractivity contribution is 0.500. The summed E-state index contributed by atoms with van der Waals surface area (Å²) in [6, 6.07) is 10.2. The molecule has 1 aliphatic rings. The lowest BCUT2D eigenvalue weighted by atomic mass is 10.1. The Balaban J connectivity index is 1.92. The van der Waals surface area contributed by atoms with E-state index in [1.165, 1.54) is 0 Å². The second kappa shape index (κ2) is 5.89. The smallest absolute Gasteiger partial charge is 0.225 e. The van der Waals surface area contributed by atoms with Gasteiger partial charge in [0.15, 0.2) is 0 Å². The Morgan fingerprint density at radius 3 is 2.90 bits per heavy atom. The van der Waals surface area contributed by atoms with Crippen molar-refractivity contribution in [2.45, 2.75) is 18.9 Å². The molecule has 1 atom stereocenters. The Morgan fingerprint density at radius 1 is 1.25 bits per heavy atom. The van der Waals surface area contributed by atoms with Crippen LogP contribution >= 0.6 is 15.9 Å². The number of rotatable bonds is 2. The predicted molar refractivity (Wildman–Crippen MR) is 84.6 cm³/mol. The number of nitrogens with zero attached hydrogens (tertiary/aromatic N) is 3. The number of hydrogen-bond acceptors (Lipinski definition) is 4. The van der Waals surface area contributed by atoms with Crippen LogP contribution in [0.5, 0.6) is 0 Å². The SMILES string of the molecule is NC1CCCN(c2nccc(-c3ccccc3Br)n2)C1. The van der Waals surface area contributed by atoms with Gasteiger partial charge in [0.1, 0.15) is 0 Å². The molecule has 20 heavy (non-hydrogen) atoms. The maximum atomic E-state index is 6.03. The summed E-state index contributed by atoms with van der Waals surface area (Å²) in [4.78, 5) is 11.3. The van der Waals surface area contributed by atoms with Gasteiger partial charge < -0.3 is 10.6 Å². The molecule has 0 amide bonds. The van der Waals surface area contributed by atoms with Crippen LogP contribution in [0.2, 0.25) is 0 Å². The molecule has 3 rings (SSSR count). The third-order valence-electron chi connectivity index (χ3n) is 3.53. The molecule has 2 heterocycles. The molecule has 0 saturated carbocycles. The summed E-state index contributed by atoms with van der Waals surface area (Å²) < 4.78 is 1.04. The molecule has 1 aromatic carbocycles. The molecule has 1 fully saturated rings. The van der Waals surface area contributed by atoms with Crippen molar-refractivity contribution < 1.29 is 0 Å². The van der Waals surface area contributed by atoms with E-state index in [1.54, 1.807) is 0 Å². The normalized spacial score (nSPS) is 19.1.